The van der Waals surface area contributed by atoms with E-state index in [-0.39, 0.29) is 12.0 Å². The molecule has 1 saturated heterocycles. The molecule has 2 N–H and O–H groups in total. The van der Waals surface area contributed by atoms with E-state index in [4.69, 9.17) is 10.5 Å². The van der Waals surface area contributed by atoms with E-state index in [1.807, 2.05) is 25.1 Å². The fraction of sp³-hybridized carbons (Fsp3) is 0.353. The molecule has 2 aromatic rings. The van der Waals surface area contributed by atoms with E-state index in [9.17, 15) is 4.79 Å². The predicted molar refractivity (Wildman–Crippen MR) is 88.6 cm³/mol. The van der Waals surface area contributed by atoms with Gasteiger partial charge in [-0.1, -0.05) is 30.3 Å². The van der Waals surface area contributed by atoms with Gasteiger partial charge in [-0.15, -0.1) is 11.3 Å². The third-order valence-corrected chi connectivity index (χ3v) is 4.72. The van der Waals surface area contributed by atoms with Crippen LogP contribution >= 0.6 is 11.3 Å². The summed E-state index contributed by atoms with van der Waals surface area (Å²) >= 11 is 1.75. The fourth-order valence-corrected chi connectivity index (χ4v) is 3.73. The Hall–Kier alpha value is -1.69. The lowest BCUT2D eigenvalue weighted by Crippen LogP contribution is -2.51. The van der Waals surface area contributed by atoms with Crippen molar-refractivity contribution in [2.45, 2.75) is 25.7 Å². The SMILES string of the molecule is C[C@@H]1CN(Cc2cc(-c3ccccc3)cs2)C[C@H](C(N)=O)O1. The normalized spacial score (nSPS) is 22.6. The molecule has 116 valence electrons. The van der Waals surface area contributed by atoms with Gasteiger partial charge >= 0.3 is 0 Å². The molecular weight excluding hydrogens is 296 g/mol. The van der Waals surface area contributed by atoms with E-state index in [0.29, 0.717) is 6.54 Å². The first-order valence-corrected chi connectivity index (χ1v) is 8.30. The summed E-state index contributed by atoms with van der Waals surface area (Å²) in [5.41, 5.74) is 7.85. The number of rotatable bonds is 4. The molecule has 3 rings (SSSR count). The minimum Gasteiger partial charge on any atom is -0.367 e. The molecule has 4 nitrogen and oxygen atoms in total. The third kappa shape index (κ3) is 3.55. The summed E-state index contributed by atoms with van der Waals surface area (Å²) in [5, 5.41) is 2.18. The Morgan fingerprint density at radius 3 is 2.82 bits per heavy atom. The van der Waals surface area contributed by atoms with Gasteiger partial charge in [-0.25, -0.2) is 0 Å². The zero-order chi connectivity index (χ0) is 15.5. The maximum absolute atomic E-state index is 11.4. The molecule has 22 heavy (non-hydrogen) atoms. The number of hydrogen-bond donors (Lipinski definition) is 1. The van der Waals surface area contributed by atoms with E-state index in [1.54, 1.807) is 11.3 Å². The summed E-state index contributed by atoms with van der Waals surface area (Å²) in [6.07, 6.45) is -0.475. The first-order chi connectivity index (χ1) is 10.6. The second kappa shape index (κ2) is 6.60. The number of benzene rings is 1. The van der Waals surface area contributed by atoms with Crippen LogP contribution in [0, 0.1) is 0 Å². The van der Waals surface area contributed by atoms with Gasteiger partial charge in [0.1, 0.15) is 6.10 Å². The number of ether oxygens (including phenoxy) is 1. The van der Waals surface area contributed by atoms with Crippen molar-refractivity contribution >= 4 is 17.2 Å². The molecule has 1 aliphatic heterocycles. The predicted octanol–water partition coefficient (Wildman–Crippen LogP) is 2.49. The van der Waals surface area contributed by atoms with Crippen molar-refractivity contribution in [2.24, 2.45) is 5.73 Å². The maximum Gasteiger partial charge on any atom is 0.247 e. The van der Waals surface area contributed by atoms with Crippen LogP contribution in [0.5, 0.6) is 0 Å². The van der Waals surface area contributed by atoms with E-state index in [2.05, 4.69) is 28.5 Å². The van der Waals surface area contributed by atoms with Crippen LogP contribution in [0.1, 0.15) is 11.8 Å². The molecule has 2 heterocycles. The zero-order valence-electron chi connectivity index (χ0n) is 12.6. The molecule has 0 radical (unpaired) electrons. The first-order valence-electron chi connectivity index (χ1n) is 7.42. The number of carbonyl (C=O) groups is 1. The van der Waals surface area contributed by atoms with Crippen molar-refractivity contribution < 1.29 is 9.53 Å². The molecule has 1 aliphatic rings. The monoisotopic (exact) mass is 316 g/mol. The molecule has 1 aromatic carbocycles. The maximum atomic E-state index is 11.4. The number of carbonyl (C=O) groups excluding carboxylic acids is 1. The van der Waals surface area contributed by atoms with Crippen molar-refractivity contribution in [3.63, 3.8) is 0 Å². The van der Waals surface area contributed by atoms with Gasteiger partial charge < -0.3 is 10.5 Å². The summed E-state index contributed by atoms with van der Waals surface area (Å²) in [6.45, 7) is 4.20. The van der Waals surface area contributed by atoms with Crippen molar-refractivity contribution in [1.29, 1.82) is 0 Å². The van der Waals surface area contributed by atoms with Crippen LogP contribution in [-0.2, 0) is 16.1 Å². The Labute approximate surface area is 134 Å². The lowest BCUT2D eigenvalue weighted by atomic mass is 10.1. The average Bonchev–Trinajstić information content (AvgIpc) is 2.96. The number of amides is 1. The Morgan fingerprint density at radius 2 is 2.09 bits per heavy atom. The Kier molecular flexibility index (Phi) is 4.57. The molecule has 0 unspecified atom stereocenters. The highest BCUT2D eigenvalue weighted by atomic mass is 32.1. The number of primary amides is 1. The van der Waals surface area contributed by atoms with Gasteiger partial charge in [0.2, 0.25) is 5.91 Å². The molecule has 1 amide bonds. The molecule has 0 spiro atoms. The molecule has 1 fully saturated rings. The number of morpholine rings is 1. The van der Waals surface area contributed by atoms with Crippen molar-refractivity contribution in [3.8, 4) is 11.1 Å². The van der Waals surface area contributed by atoms with Crippen LogP contribution in [0.25, 0.3) is 11.1 Å². The minimum atomic E-state index is -0.502. The van der Waals surface area contributed by atoms with Gasteiger partial charge in [-0.3, -0.25) is 9.69 Å². The van der Waals surface area contributed by atoms with Crippen LogP contribution in [0.15, 0.2) is 41.8 Å². The summed E-state index contributed by atoms with van der Waals surface area (Å²) in [4.78, 5) is 14.9. The molecular formula is C17H20N2O2S. The molecule has 2 atom stereocenters. The number of nitrogens with zero attached hydrogens (tertiary/aromatic N) is 1. The van der Waals surface area contributed by atoms with Gasteiger partial charge in [0.25, 0.3) is 0 Å². The van der Waals surface area contributed by atoms with E-state index >= 15 is 0 Å². The Bertz CT molecular complexity index is 641. The zero-order valence-corrected chi connectivity index (χ0v) is 13.4. The topological polar surface area (TPSA) is 55.6 Å². The van der Waals surface area contributed by atoms with Crippen LogP contribution < -0.4 is 5.73 Å². The van der Waals surface area contributed by atoms with Crippen LogP contribution in [0.4, 0.5) is 0 Å². The summed E-state index contributed by atoms with van der Waals surface area (Å²) in [7, 11) is 0. The second-order valence-electron chi connectivity index (χ2n) is 5.70. The molecule has 1 aromatic heterocycles. The van der Waals surface area contributed by atoms with E-state index in [0.717, 1.165) is 13.1 Å². The quantitative estimate of drug-likeness (QED) is 0.943. The van der Waals surface area contributed by atoms with Gasteiger partial charge in [0.15, 0.2) is 0 Å². The van der Waals surface area contributed by atoms with E-state index in [1.165, 1.54) is 16.0 Å². The summed E-state index contributed by atoms with van der Waals surface area (Å²) in [6, 6.07) is 12.6. The molecule has 0 saturated carbocycles. The second-order valence-corrected chi connectivity index (χ2v) is 6.70. The molecule has 5 heteroatoms. The number of thiophene rings is 1. The highest BCUT2D eigenvalue weighted by Gasteiger charge is 2.29. The van der Waals surface area contributed by atoms with Gasteiger partial charge in [-0.05, 0) is 29.5 Å². The largest absolute Gasteiger partial charge is 0.367 e. The Balaban J connectivity index is 1.68. The number of nitrogens with two attached hydrogens (primary N) is 1. The van der Waals surface area contributed by atoms with Crippen molar-refractivity contribution in [1.82, 2.24) is 4.90 Å². The lowest BCUT2D eigenvalue weighted by molar-refractivity contribution is -0.142. The third-order valence-electron chi connectivity index (χ3n) is 3.79. The molecule has 0 aliphatic carbocycles. The summed E-state index contributed by atoms with van der Waals surface area (Å²) in [5.74, 6) is -0.382. The Morgan fingerprint density at radius 1 is 1.32 bits per heavy atom. The lowest BCUT2D eigenvalue weighted by Gasteiger charge is -2.35. The standard InChI is InChI=1S/C17H20N2O2S/c1-12-8-19(10-16(21-12)17(18)20)9-15-7-14(11-22-15)13-5-3-2-4-6-13/h2-7,11-12,16H,8-10H2,1H3,(H2,18,20)/t12-,16-/m1/s1. The van der Waals surface area contributed by atoms with Crippen LogP contribution in [-0.4, -0.2) is 36.1 Å². The summed E-state index contributed by atoms with van der Waals surface area (Å²) < 4.78 is 5.58. The van der Waals surface area contributed by atoms with Gasteiger partial charge in [0, 0.05) is 24.5 Å². The highest BCUT2D eigenvalue weighted by molar-refractivity contribution is 7.10. The van der Waals surface area contributed by atoms with Gasteiger partial charge in [-0.2, -0.15) is 0 Å². The van der Waals surface area contributed by atoms with Gasteiger partial charge in [0.05, 0.1) is 6.10 Å². The van der Waals surface area contributed by atoms with Crippen LogP contribution in [0.2, 0.25) is 0 Å². The van der Waals surface area contributed by atoms with Crippen molar-refractivity contribution in [2.75, 3.05) is 13.1 Å². The number of hydrogen-bond acceptors (Lipinski definition) is 4. The average molecular weight is 316 g/mol. The smallest absolute Gasteiger partial charge is 0.247 e. The fourth-order valence-electron chi connectivity index (χ4n) is 2.79. The van der Waals surface area contributed by atoms with Crippen LogP contribution in [0.3, 0.4) is 0 Å². The van der Waals surface area contributed by atoms with Crippen molar-refractivity contribution in [3.05, 3.63) is 46.7 Å². The minimum absolute atomic E-state index is 0.0276. The van der Waals surface area contributed by atoms with E-state index < -0.39 is 6.10 Å². The highest BCUT2D eigenvalue weighted by Crippen LogP contribution is 2.27. The molecule has 0 bridgehead atoms. The first kappa shape index (κ1) is 15.2.